The van der Waals surface area contributed by atoms with Gasteiger partial charge in [-0.05, 0) is 18.8 Å². The van der Waals surface area contributed by atoms with Crippen LogP contribution < -0.4 is 0 Å². The third-order valence-electron chi connectivity index (χ3n) is 1.85. The molecule has 0 amide bonds. The van der Waals surface area contributed by atoms with Gasteiger partial charge >= 0.3 is 5.97 Å². The fourth-order valence-electron chi connectivity index (χ4n) is 1.11. The van der Waals surface area contributed by atoms with Gasteiger partial charge in [0.15, 0.2) is 0 Å². The molecule has 0 saturated carbocycles. The first kappa shape index (κ1) is 11.2. The number of carboxylic acids is 1. The second-order valence-corrected chi connectivity index (χ2v) is 3.29. The molecule has 12 heavy (non-hydrogen) atoms. The summed E-state index contributed by atoms with van der Waals surface area (Å²) in [5.74, 6) is -0.565. The van der Waals surface area contributed by atoms with Crippen LogP contribution in [0.4, 0.5) is 0 Å². The van der Waals surface area contributed by atoms with E-state index in [2.05, 4.69) is 19.1 Å². The van der Waals surface area contributed by atoms with E-state index in [1.807, 2.05) is 6.92 Å². The molecule has 2 nitrogen and oxygen atoms in total. The van der Waals surface area contributed by atoms with E-state index in [0.717, 1.165) is 12.8 Å². The quantitative estimate of drug-likeness (QED) is 0.644. The second-order valence-electron chi connectivity index (χ2n) is 3.29. The molecule has 0 rings (SSSR count). The minimum atomic E-state index is -0.702. The van der Waals surface area contributed by atoms with E-state index in [0.29, 0.717) is 5.92 Å². The maximum absolute atomic E-state index is 10.5. The van der Waals surface area contributed by atoms with Gasteiger partial charge in [0.1, 0.15) is 0 Å². The average molecular weight is 170 g/mol. The molecule has 0 bridgehead atoms. The number of hydrogen-bond donors (Lipinski definition) is 1. The third-order valence-corrected chi connectivity index (χ3v) is 1.85. The van der Waals surface area contributed by atoms with Crippen LogP contribution in [-0.2, 0) is 4.79 Å². The molecule has 0 spiro atoms. The van der Waals surface area contributed by atoms with Crippen LogP contribution in [0.2, 0.25) is 0 Å². The van der Waals surface area contributed by atoms with Gasteiger partial charge in [-0.2, -0.15) is 0 Å². The summed E-state index contributed by atoms with van der Waals surface area (Å²) < 4.78 is 0. The normalized spacial score (nSPS) is 16.2. The molecule has 0 aromatic heterocycles. The van der Waals surface area contributed by atoms with Gasteiger partial charge in [-0.3, -0.25) is 4.79 Å². The molecular weight excluding hydrogens is 152 g/mol. The molecule has 0 radical (unpaired) electrons. The Morgan fingerprint density at radius 1 is 1.50 bits per heavy atom. The minimum absolute atomic E-state index is 0.235. The highest BCUT2D eigenvalue weighted by molar-refractivity contribution is 5.69. The van der Waals surface area contributed by atoms with E-state index in [-0.39, 0.29) is 5.92 Å². The smallest absolute Gasteiger partial charge is 0.306 e. The molecule has 0 aliphatic carbocycles. The monoisotopic (exact) mass is 170 g/mol. The largest absolute Gasteiger partial charge is 0.481 e. The van der Waals surface area contributed by atoms with Crippen LogP contribution in [0.25, 0.3) is 0 Å². The Hall–Kier alpha value is -0.790. The van der Waals surface area contributed by atoms with Crippen molar-refractivity contribution in [3.05, 3.63) is 12.2 Å². The first-order valence-electron chi connectivity index (χ1n) is 4.47. The van der Waals surface area contributed by atoms with Crippen molar-refractivity contribution < 1.29 is 9.90 Å². The van der Waals surface area contributed by atoms with Crippen LogP contribution in [0.1, 0.15) is 33.6 Å². The van der Waals surface area contributed by atoms with Gasteiger partial charge in [-0.15, -0.1) is 0 Å². The average Bonchev–Trinajstić information content (AvgIpc) is 2.00. The zero-order valence-corrected chi connectivity index (χ0v) is 8.08. The first-order valence-corrected chi connectivity index (χ1v) is 4.47. The summed E-state index contributed by atoms with van der Waals surface area (Å²) in [7, 11) is 0. The van der Waals surface area contributed by atoms with Crippen LogP contribution in [0.5, 0.6) is 0 Å². The van der Waals surface area contributed by atoms with Gasteiger partial charge in [0.25, 0.3) is 0 Å². The van der Waals surface area contributed by atoms with Crippen molar-refractivity contribution in [3.63, 3.8) is 0 Å². The van der Waals surface area contributed by atoms with Crippen molar-refractivity contribution in [1.82, 2.24) is 0 Å². The molecule has 0 saturated heterocycles. The van der Waals surface area contributed by atoms with Crippen molar-refractivity contribution in [2.45, 2.75) is 33.6 Å². The number of rotatable bonds is 5. The lowest BCUT2D eigenvalue weighted by Crippen LogP contribution is -2.12. The van der Waals surface area contributed by atoms with Gasteiger partial charge in [0, 0.05) is 0 Å². The van der Waals surface area contributed by atoms with E-state index >= 15 is 0 Å². The number of hydrogen-bond acceptors (Lipinski definition) is 1. The van der Waals surface area contributed by atoms with E-state index < -0.39 is 5.97 Å². The lowest BCUT2D eigenvalue weighted by molar-refractivity contribution is -0.141. The summed E-state index contributed by atoms with van der Waals surface area (Å²) in [5.41, 5.74) is 0. The Morgan fingerprint density at radius 2 is 2.08 bits per heavy atom. The number of allylic oxidation sites excluding steroid dienone is 2. The Kier molecular flexibility index (Phi) is 5.43. The predicted octanol–water partition coefficient (Wildman–Crippen LogP) is 2.70. The fraction of sp³-hybridized carbons (Fsp3) is 0.700. The minimum Gasteiger partial charge on any atom is -0.481 e. The Morgan fingerprint density at radius 3 is 2.50 bits per heavy atom. The van der Waals surface area contributed by atoms with Crippen molar-refractivity contribution in [3.8, 4) is 0 Å². The highest BCUT2D eigenvalue weighted by Crippen LogP contribution is 2.13. The number of carboxylic acid groups (broad SMARTS) is 1. The second kappa shape index (κ2) is 5.81. The van der Waals surface area contributed by atoms with Gasteiger partial charge in [-0.25, -0.2) is 0 Å². The van der Waals surface area contributed by atoms with Crippen LogP contribution in [-0.4, -0.2) is 11.1 Å². The van der Waals surface area contributed by atoms with Gasteiger partial charge in [0.05, 0.1) is 5.92 Å². The van der Waals surface area contributed by atoms with Crippen molar-refractivity contribution in [1.29, 1.82) is 0 Å². The van der Waals surface area contributed by atoms with Crippen molar-refractivity contribution in [2.75, 3.05) is 0 Å². The summed E-state index contributed by atoms with van der Waals surface area (Å²) in [6.45, 7) is 5.87. The molecule has 2 unspecified atom stereocenters. The number of carbonyl (C=O) groups is 1. The Bertz CT molecular complexity index is 161. The zero-order valence-electron chi connectivity index (χ0n) is 8.08. The van der Waals surface area contributed by atoms with E-state index in [4.69, 9.17) is 5.11 Å². The highest BCUT2D eigenvalue weighted by atomic mass is 16.4. The lowest BCUT2D eigenvalue weighted by atomic mass is 9.97. The SMILES string of the molecule is CCC=CC(C)CC(C)C(=O)O. The molecule has 0 aliphatic rings. The van der Waals surface area contributed by atoms with Crippen molar-refractivity contribution in [2.24, 2.45) is 11.8 Å². The lowest BCUT2D eigenvalue weighted by Gasteiger charge is -2.09. The van der Waals surface area contributed by atoms with Crippen LogP contribution >= 0.6 is 0 Å². The standard InChI is InChI=1S/C10H18O2/c1-4-5-6-8(2)7-9(3)10(11)12/h5-6,8-9H,4,7H2,1-3H3,(H,11,12). The Balaban J connectivity index is 3.75. The summed E-state index contributed by atoms with van der Waals surface area (Å²) >= 11 is 0. The first-order chi connectivity index (χ1) is 5.57. The molecule has 70 valence electrons. The topological polar surface area (TPSA) is 37.3 Å². The van der Waals surface area contributed by atoms with E-state index in [9.17, 15) is 4.79 Å². The van der Waals surface area contributed by atoms with Gasteiger partial charge in [-0.1, -0.05) is 32.9 Å². The van der Waals surface area contributed by atoms with Crippen LogP contribution in [0.3, 0.4) is 0 Å². The molecule has 0 heterocycles. The molecule has 0 aromatic rings. The van der Waals surface area contributed by atoms with Crippen LogP contribution in [0.15, 0.2) is 12.2 Å². The van der Waals surface area contributed by atoms with Crippen LogP contribution in [0, 0.1) is 11.8 Å². The zero-order chi connectivity index (χ0) is 9.56. The highest BCUT2D eigenvalue weighted by Gasteiger charge is 2.12. The molecule has 2 atom stereocenters. The van der Waals surface area contributed by atoms with Gasteiger partial charge < -0.3 is 5.11 Å². The molecule has 2 heteroatoms. The maximum atomic E-state index is 10.5. The molecule has 0 fully saturated rings. The number of aliphatic carboxylic acids is 1. The molecule has 1 N–H and O–H groups in total. The summed E-state index contributed by atoms with van der Waals surface area (Å²) in [6, 6.07) is 0. The predicted molar refractivity (Wildman–Crippen MR) is 50.0 cm³/mol. The van der Waals surface area contributed by atoms with Crippen molar-refractivity contribution >= 4 is 5.97 Å². The molecule has 0 aromatic carbocycles. The van der Waals surface area contributed by atoms with E-state index in [1.54, 1.807) is 6.92 Å². The van der Waals surface area contributed by atoms with E-state index in [1.165, 1.54) is 0 Å². The summed E-state index contributed by atoms with van der Waals surface area (Å²) in [4.78, 5) is 10.5. The molecular formula is C10H18O2. The third kappa shape index (κ3) is 4.94. The van der Waals surface area contributed by atoms with Gasteiger partial charge in [0.2, 0.25) is 0 Å². The molecule has 0 aliphatic heterocycles. The maximum Gasteiger partial charge on any atom is 0.306 e. The summed E-state index contributed by atoms with van der Waals surface area (Å²) in [5, 5.41) is 8.63. The fourth-order valence-corrected chi connectivity index (χ4v) is 1.11. The Labute approximate surface area is 74.3 Å². The summed E-state index contributed by atoms with van der Waals surface area (Å²) in [6.07, 6.45) is 5.91.